The number of imidazole rings is 1. The third-order valence-electron chi connectivity index (χ3n) is 7.16. The highest BCUT2D eigenvalue weighted by Gasteiger charge is 2.37. The Bertz CT molecular complexity index is 1870. The summed E-state index contributed by atoms with van der Waals surface area (Å²) in [7, 11) is 0. The lowest BCUT2D eigenvalue weighted by atomic mass is 10.0. The summed E-state index contributed by atoms with van der Waals surface area (Å²) in [6.07, 6.45) is 6.62. The average Bonchev–Trinajstić information content (AvgIpc) is 3.69. The highest BCUT2D eigenvalue weighted by Crippen LogP contribution is 2.33. The van der Waals surface area contributed by atoms with E-state index in [1.807, 2.05) is 45.0 Å². The van der Waals surface area contributed by atoms with E-state index in [9.17, 15) is 13.2 Å². The molecule has 42 heavy (non-hydrogen) atoms. The maximum atomic E-state index is 14.2. The third-order valence-corrected chi connectivity index (χ3v) is 7.16. The van der Waals surface area contributed by atoms with E-state index in [-0.39, 0.29) is 18.8 Å². The Morgan fingerprint density at radius 2 is 1.86 bits per heavy atom. The minimum Gasteiger partial charge on any atom is -0.335 e. The highest BCUT2D eigenvalue weighted by molar-refractivity contribution is 5.96. The summed E-state index contributed by atoms with van der Waals surface area (Å²) in [4.78, 5) is 23.1. The largest absolute Gasteiger partial charge is 0.335 e. The molecule has 0 amide bonds. The molecule has 5 aromatic heterocycles. The van der Waals surface area contributed by atoms with Crippen molar-refractivity contribution in [2.24, 2.45) is 0 Å². The van der Waals surface area contributed by atoms with Crippen LogP contribution in [0.2, 0.25) is 0 Å². The van der Waals surface area contributed by atoms with E-state index in [2.05, 4.69) is 35.1 Å². The van der Waals surface area contributed by atoms with Gasteiger partial charge in [-0.25, -0.2) is 23.1 Å². The first-order valence-electron chi connectivity index (χ1n) is 13.8. The van der Waals surface area contributed by atoms with Gasteiger partial charge in [-0.15, -0.1) is 0 Å². The molecule has 6 heterocycles. The molecular weight excluding hydrogens is 541 g/mol. The predicted octanol–water partition coefficient (Wildman–Crippen LogP) is 6.94. The molecular formula is C31H29F3N8. The van der Waals surface area contributed by atoms with Crippen molar-refractivity contribution in [3.8, 4) is 33.9 Å². The number of hydrogen-bond donors (Lipinski definition) is 2. The van der Waals surface area contributed by atoms with Crippen molar-refractivity contribution in [3.63, 3.8) is 0 Å². The maximum absolute atomic E-state index is 14.2. The SMILES string of the molecule is CC.Cc1cc(F)cc(-c2ccnc3nc(-c4n[nH]c5cnc(-c6cncc(CN7CCC(F)(F)C7)c6)cc45)[nH]c23)c1. The van der Waals surface area contributed by atoms with Gasteiger partial charge in [0.2, 0.25) is 0 Å². The number of nitrogens with zero attached hydrogens (tertiary/aromatic N) is 6. The molecule has 2 N–H and O–H groups in total. The first-order valence-corrected chi connectivity index (χ1v) is 13.8. The molecule has 6 aromatic rings. The molecule has 214 valence electrons. The number of aromatic amines is 2. The quantitative estimate of drug-likeness (QED) is 0.233. The van der Waals surface area contributed by atoms with Crippen LogP contribution in [0.3, 0.4) is 0 Å². The molecule has 1 fully saturated rings. The van der Waals surface area contributed by atoms with Crippen LogP contribution in [0.5, 0.6) is 0 Å². The van der Waals surface area contributed by atoms with Gasteiger partial charge in [-0.05, 0) is 53.9 Å². The van der Waals surface area contributed by atoms with Crippen LogP contribution in [0, 0.1) is 12.7 Å². The Kier molecular flexibility index (Phi) is 7.19. The lowest BCUT2D eigenvalue weighted by Crippen LogP contribution is -2.24. The van der Waals surface area contributed by atoms with Gasteiger partial charge < -0.3 is 4.98 Å². The molecule has 0 aliphatic carbocycles. The van der Waals surface area contributed by atoms with Gasteiger partial charge >= 0.3 is 0 Å². The van der Waals surface area contributed by atoms with Crippen molar-refractivity contribution >= 4 is 22.1 Å². The Labute approximate surface area is 240 Å². The molecule has 0 radical (unpaired) electrons. The van der Waals surface area contributed by atoms with Crippen LogP contribution in [-0.2, 0) is 6.54 Å². The second-order valence-corrected chi connectivity index (χ2v) is 10.2. The Hall–Kier alpha value is -4.64. The normalized spacial score (nSPS) is 14.8. The number of halogens is 3. The Morgan fingerprint density at radius 1 is 1.00 bits per heavy atom. The number of pyridine rings is 3. The van der Waals surface area contributed by atoms with Crippen molar-refractivity contribution in [3.05, 3.63) is 78.1 Å². The second kappa shape index (κ2) is 11.0. The van der Waals surface area contributed by atoms with Gasteiger partial charge in [-0.1, -0.05) is 19.9 Å². The van der Waals surface area contributed by atoms with Crippen LogP contribution in [-0.4, -0.2) is 59.0 Å². The van der Waals surface area contributed by atoms with E-state index in [0.29, 0.717) is 41.5 Å². The van der Waals surface area contributed by atoms with Gasteiger partial charge in [0.15, 0.2) is 11.5 Å². The predicted molar refractivity (Wildman–Crippen MR) is 156 cm³/mol. The van der Waals surface area contributed by atoms with Crippen LogP contribution in [0.1, 0.15) is 31.4 Å². The van der Waals surface area contributed by atoms with E-state index in [1.165, 1.54) is 12.1 Å². The average molecular weight is 571 g/mol. The van der Waals surface area contributed by atoms with Gasteiger partial charge in [-0.2, -0.15) is 5.10 Å². The number of likely N-dealkylation sites (tertiary alicyclic amines) is 1. The Morgan fingerprint density at radius 3 is 2.64 bits per heavy atom. The third kappa shape index (κ3) is 5.35. The van der Waals surface area contributed by atoms with Crippen LogP contribution in [0.25, 0.3) is 56.0 Å². The minimum absolute atomic E-state index is 0.123. The van der Waals surface area contributed by atoms with Crippen LogP contribution < -0.4 is 0 Å². The summed E-state index contributed by atoms with van der Waals surface area (Å²) in [6.45, 7) is 6.36. The van der Waals surface area contributed by atoms with Gasteiger partial charge in [0, 0.05) is 54.6 Å². The summed E-state index contributed by atoms with van der Waals surface area (Å²) in [6, 6.07) is 10.5. The number of alkyl halides is 2. The smallest absolute Gasteiger partial charge is 0.261 e. The van der Waals surface area contributed by atoms with Crippen molar-refractivity contribution in [2.75, 3.05) is 13.1 Å². The number of fused-ring (bicyclic) bond motifs is 2. The fourth-order valence-corrected chi connectivity index (χ4v) is 5.32. The molecule has 0 saturated carbocycles. The van der Waals surface area contributed by atoms with Crippen LogP contribution >= 0.6 is 0 Å². The van der Waals surface area contributed by atoms with Crippen molar-refractivity contribution in [1.29, 1.82) is 0 Å². The zero-order chi connectivity index (χ0) is 29.4. The van der Waals surface area contributed by atoms with Crippen LogP contribution in [0.15, 0.2) is 61.2 Å². The van der Waals surface area contributed by atoms with E-state index in [4.69, 9.17) is 0 Å². The van der Waals surface area contributed by atoms with Crippen molar-refractivity contribution in [2.45, 2.75) is 39.7 Å². The lowest BCUT2D eigenvalue weighted by Gasteiger charge is -2.15. The number of aromatic nitrogens is 7. The van der Waals surface area contributed by atoms with Gasteiger partial charge in [-0.3, -0.25) is 20.0 Å². The number of H-pyrrole nitrogens is 2. The van der Waals surface area contributed by atoms with E-state index in [1.54, 1.807) is 29.7 Å². The molecule has 1 aliphatic rings. The van der Waals surface area contributed by atoms with Gasteiger partial charge in [0.25, 0.3) is 5.92 Å². The number of rotatable bonds is 5. The van der Waals surface area contributed by atoms with E-state index >= 15 is 0 Å². The molecule has 7 rings (SSSR count). The molecule has 0 bridgehead atoms. The lowest BCUT2D eigenvalue weighted by molar-refractivity contribution is 0.0115. The molecule has 1 aromatic carbocycles. The zero-order valence-electron chi connectivity index (χ0n) is 23.4. The summed E-state index contributed by atoms with van der Waals surface area (Å²) < 4.78 is 41.4. The van der Waals surface area contributed by atoms with Gasteiger partial charge in [0.05, 0.1) is 29.5 Å². The van der Waals surface area contributed by atoms with E-state index < -0.39 is 5.92 Å². The number of benzene rings is 1. The molecule has 0 atom stereocenters. The molecule has 0 spiro atoms. The monoisotopic (exact) mass is 570 g/mol. The summed E-state index contributed by atoms with van der Waals surface area (Å²) in [5.41, 5.74) is 7.08. The first kappa shape index (κ1) is 27.5. The molecule has 0 unspecified atom stereocenters. The standard InChI is InChI=1S/C29H23F3N8.C2H6/c1-16-6-18(9-20(30)7-16)21-2-4-34-27-25(21)36-28(37-27)26-22-10-23(35-13-24(22)38-39-26)19-8-17(11-33-12-19)14-40-5-3-29(31,32)15-40;1-2/h2,4,6-13H,3,5,14-15H2,1H3,(H,38,39)(H,34,36,37);1-2H3. The fourth-order valence-electron chi connectivity index (χ4n) is 5.32. The van der Waals surface area contributed by atoms with Crippen molar-refractivity contribution < 1.29 is 13.2 Å². The number of nitrogens with one attached hydrogen (secondary N) is 2. The molecule has 8 nitrogen and oxygen atoms in total. The second-order valence-electron chi connectivity index (χ2n) is 10.2. The summed E-state index contributed by atoms with van der Waals surface area (Å²) >= 11 is 0. The molecule has 11 heteroatoms. The molecule has 1 aliphatic heterocycles. The number of aryl methyl sites for hydroxylation is 1. The highest BCUT2D eigenvalue weighted by atomic mass is 19.3. The van der Waals surface area contributed by atoms with Crippen molar-refractivity contribution in [1.82, 2.24) is 40.0 Å². The van der Waals surface area contributed by atoms with Gasteiger partial charge in [0.1, 0.15) is 11.5 Å². The Balaban J connectivity index is 0.00000155. The maximum Gasteiger partial charge on any atom is 0.261 e. The minimum atomic E-state index is -2.64. The molecule has 1 saturated heterocycles. The topological polar surface area (TPSA) is 99.3 Å². The fraction of sp³-hybridized carbons (Fsp3) is 0.258. The first-order chi connectivity index (χ1) is 20.3. The van der Waals surface area contributed by atoms with E-state index in [0.717, 1.165) is 38.7 Å². The van der Waals surface area contributed by atoms with Crippen LogP contribution in [0.4, 0.5) is 13.2 Å². The number of hydrogen-bond acceptors (Lipinski definition) is 6. The zero-order valence-corrected chi connectivity index (χ0v) is 23.4. The summed E-state index contributed by atoms with van der Waals surface area (Å²) in [5.74, 6) is -2.44. The summed E-state index contributed by atoms with van der Waals surface area (Å²) in [5, 5.41) is 8.28.